The minimum Gasteiger partial charge on any atom is -0.494 e. The van der Waals surface area contributed by atoms with Crippen LogP contribution < -0.4 is 4.74 Å². The van der Waals surface area contributed by atoms with Gasteiger partial charge in [0, 0.05) is 4.83 Å². The molecule has 0 aliphatic heterocycles. The van der Waals surface area contributed by atoms with E-state index in [0.29, 0.717) is 0 Å². The van der Waals surface area contributed by atoms with Gasteiger partial charge >= 0.3 is 0 Å². The molecule has 0 amide bonds. The molecule has 2 aromatic carbocycles. The van der Waals surface area contributed by atoms with Gasteiger partial charge in [0.15, 0.2) is 11.6 Å². The second-order valence-corrected chi connectivity index (χ2v) is 5.60. The molecule has 0 saturated heterocycles. The molecule has 0 bridgehead atoms. The lowest BCUT2D eigenvalue weighted by atomic mass is 10.0. The van der Waals surface area contributed by atoms with Crippen LogP contribution in [0.3, 0.4) is 0 Å². The van der Waals surface area contributed by atoms with Crippen LogP contribution in [0.15, 0.2) is 42.5 Å². The van der Waals surface area contributed by atoms with E-state index in [0.717, 1.165) is 12.0 Å². The average Bonchev–Trinajstić information content (AvgIpc) is 2.41. The van der Waals surface area contributed by atoms with E-state index in [1.807, 2.05) is 18.2 Å². The molecular weight excluding hydrogens is 307 g/mol. The Morgan fingerprint density at radius 2 is 1.95 bits per heavy atom. The van der Waals surface area contributed by atoms with Crippen LogP contribution in [0.25, 0.3) is 0 Å². The Hall–Kier alpha value is -1.35. The van der Waals surface area contributed by atoms with Gasteiger partial charge < -0.3 is 4.74 Å². The van der Waals surface area contributed by atoms with Crippen molar-refractivity contribution in [3.05, 3.63) is 65.0 Å². The highest BCUT2D eigenvalue weighted by molar-refractivity contribution is 9.09. The molecule has 0 aliphatic rings. The molecule has 3 heteroatoms. The van der Waals surface area contributed by atoms with Crippen molar-refractivity contribution >= 4 is 15.9 Å². The maximum absolute atomic E-state index is 13.7. The molecule has 1 atom stereocenters. The molecule has 19 heavy (non-hydrogen) atoms. The molecule has 0 spiro atoms. The van der Waals surface area contributed by atoms with Crippen LogP contribution in [0.2, 0.25) is 0 Å². The fourth-order valence-corrected chi connectivity index (χ4v) is 2.66. The summed E-state index contributed by atoms with van der Waals surface area (Å²) in [4.78, 5) is 0.0917. The van der Waals surface area contributed by atoms with Crippen LogP contribution in [-0.2, 0) is 6.42 Å². The zero-order valence-corrected chi connectivity index (χ0v) is 12.6. The van der Waals surface area contributed by atoms with Crippen molar-refractivity contribution in [2.24, 2.45) is 0 Å². The molecule has 100 valence electrons. The van der Waals surface area contributed by atoms with Crippen LogP contribution in [0, 0.1) is 12.7 Å². The molecule has 0 aromatic heterocycles. The van der Waals surface area contributed by atoms with Crippen LogP contribution in [0.5, 0.6) is 5.75 Å². The number of alkyl halides is 1. The quantitative estimate of drug-likeness (QED) is 0.733. The van der Waals surface area contributed by atoms with Gasteiger partial charge in [-0.3, -0.25) is 0 Å². The van der Waals surface area contributed by atoms with E-state index in [2.05, 4.69) is 35.0 Å². The van der Waals surface area contributed by atoms with Crippen molar-refractivity contribution in [2.75, 3.05) is 7.11 Å². The van der Waals surface area contributed by atoms with Gasteiger partial charge in [0.25, 0.3) is 0 Å². The van der Waals surface area contributed by atoms with Crippen LogP contribution in [0.1, 0.15) is 21.5 Å². The predicted octanol–water partition coefficient (Wildman–Crippen LogP) is 4.82. The van der Waals surface area contributed by atoms with Gasteiger partial charge in [0.1, 0.15) is 0 Å². The lowest BCUT2D eigenvalue weighted by Gasteiger charge is -2.13. The predicted molar refractivity (Wildman–Crippen MR) is 79.5 cm³/mol. The Bertz CT molecular complexity index is 568. The van der Waals surface area contributed by atoms with Gasteiger partial charge in [0.05, 0.1) is 7.11 Å². The van der Waals surface area contributed by atoms with Gasteiger partial charge in [-0.25, -0.2) is 4.39 Å². The van der Waals surface area contributed by atoms with Gasteiger partial charge in [0.2, 0.25) is 0 Å². The summed E-state index contributed by atoms with van der Waals surface area (Å²) in [7, 11) is 1.47. The van der Waals surface area contributed by atoms with E-state index in [9.17, 15) is 4.39 Å². The normalized spacial score (nSPS) is 12.2. The summed E-state index contributed by atoms with van der Waals surface area (Å²) in [5.74, 6) is -0.0476. The number of aryl methyl sites for hydroxylation is 1. The number of hydrogen-bond donors (Lipinski definition) is 0. The van der Waals surface area contributed by atoms with E-state index in [4.69, 9.17) is 4.74 Å². The largest absolute Gasteiger partial charge is 0.494 e. The van der Waals surface area contributed by atoms with Crippen molar-refractivity contribution in [2.45, 2.75) is 18.2 Å². The Labute approximate surface area is 121 Å². The first kappa shape index (κ1) is 14.1. The third-order valence-corrected chi connectivity index (χ3v) is 4.05. The monoisotopic (exact) mass is 322 g/mol. The average molecular weight is 323 g/mol. The molecular formula is C16H16BrFO. The zero-order valence-electron chi connectivity index (χ0n) is 11.0. The molecule has 0 N–H and O–H groups in total. The molecule has 0 radical (unpaired) electrons. The highest BCUT2D eigenvalue weighted by atomic mass is 79.9. The first-order valence-corrected chi connectivity index (χ1v) is 7.05. The van der Waals surface area contributed by atoms with Gasteiger partial charge in [-0.2, -0.15) is 0 Å². The number of methoxy groups -OCH3 is 1. The van der Waals surface area contributed by atoms with Gasteiger partial charge in [-0.05, 0) is 42.2 Å². The Balaban J connectivity index is 2.18. The molecule has 0 fully saturated rings. The summed E-state index contributed by atoms with van der Waals surface area (Å²) >= 11 is 3.63. The first-order valence-electron chi connectivity index (χ1n) is 6.14. The summed E-state index contributed by atoms with van der Waals surface area (Å²) in [6, 6.07) is 13.3. The summed E-state index contributed by atoms with van der Waals surface area (Å²) in [6.07, 6.45) is 0.832. The van der Waals surface area contributed by atoms with E-state index >= 15 is 0 Å². The Kier molecular flexibility index (Phi) is 4.59. The number of benzene rings is 2. The van der Waals surface area contributed by atoms with E-state index in [1.54, 1.807) is 6.07 Å². The zero-order chi connectivity index (χ0) is 13.8. The molecule has 1 nitrogen and oxygen atoms in total. The minimum atomic E-state index is -0.325. The Morgan fingerprint density at radius 1 is 1.21 bits per heavy atom. The minimum absolute atomic E-state index is 0.0917. The fraction of sp³-hybridized carbons (Fsp3) is 0.250. The SMILES string of the molecule is COc1ccc(C(Br)Cc2ccccc2C)cc1F. The number of halogens is 2. The van der Waals surface area contributed by atoms with Crippen LogP contribution >= 0.6 is 15.9 Å². The second kappa shape index (κ2) is 6.20. The molecule has 0 saturated carbocycles. The van der Waals surface area contributed by atoms with Crippen molar-refractivity contribution < 1.29 is 9.13 Å². The van der Waals surface area contributed by atoms with Crippen molar-refractivity contribution in [1.82, 2.24) is 0 Å². The topological polar surface area (TPSA) is 9.23 Å². The van der Waals surface area contributed by atoms with Gasteiger partial charge in [-0.15, -0.1) is 0 Å². The lowest BCUT2D eigenvalue weighted by molar-refractivity contribution is 0.386. The molecule has 0 heterocycles. The third kappa shape index (κ3) is 3.35. The van der Waals surface area contributed by atoms with Crippen molar-refractivity contribution in [3.8, 4) is 5.75 Å². The smallest absolute Gasteiger partial charge is 0.165 e. The van der Waals surface area contributed by atoms with E-state index < -0.39 is 0 Å². The fourth-order valence-electron chi connectivity index (χ4n) is 2.03. The summed E-state index contributed by atoms with van der Waals surface area (Å²) in [6.45, 7) is 2.09. The van der Waals surface area contributed by atoms with Crippen molar-refractivity contribution in [3.63, 3.8) is 0 Å². The molecule has 0 aliphatic carbocycles. The number of rotatable bonds is 4. The Morgan fingerprint density at radius 3 is 2.58 bits per heavy atom. The molecule has 2 rings (SSSR count). The molecule has 2 aromatic rings. The second-order valence-electron chi connectivity index (χ2n) is 4.49. The third-order valence-electron chi connectivity index (χ3n) is 3.20. The van der Waals surface area contributed by atoms with Crippen LogP contribution in [-0.4, -0.2) is 7.11 Å². The van der Waals surface area contributed by atoms with E-state index in [-0.39, 0.29) is 16.4 Å². The highest BCUT2D eigenvalue weighted by Gasteiger charge is 2.12. The summed E-state index contributed by atoms with van der Waals surface area (Å²) < 4.78 is 18.6. The summed E-state index contributed by atoms with van der Waals surface area (Å²) in [5.41, 5.74) is 3.43. The number of hydrogen-bond acceptors (Lipinski definition) is 1. The highest BCUT2D eigenvalue weighted by Crippen LogP contribution is 2.30. The maximum Gasteiger partial charge on any atom is 0.165 e. The maximum atomic E-state index is 13.7. The summed E-state index contributed by atoms with van der Waals surface area (Å²) in [5, 5.41) is 0. The lowest BCUT2D eigenvalue weighted by Crippen LogP contribution is -1.99. The van der Waals surface area contributed by atoms with Crippen molar-refractivity contribution in [1.29, 1.82) is 0 Å². The molecule has 1 unspecified atom stereocenters. The number of ether oxygens (including phenoxy) is 1. The standard InChI is InChI=1S/C16H16BrFO/c1-11-5-3-4-6-12(11)9-14(17)13-7-8-16(19-2)15(18)10-13/h3-8,10,14H,9H2,1-2H3. The van der Waals surface area contributed by atoms with E-state index in [1.165, 1.54) is 24.3 Å². The van der Waals surface area contributed by atoms with Gasteiger partial charge in [-0.1, -0.05) is 46.3 Å². The first-order chi connectivity index (χ1) is 9.11. The van der Waals surface area contributed by atoms with Crippen LogP contribution in [0.4, 0.5) is 4.39 Å².